The van der Waals surface area contributed by atoms with E-state index in [-0.39, 0.29) is 5.91 Å². The van der Waals surface area contributed by atoms with Gasteiger partial charge in [-0.15, -0.1) is 0 Å². The lowest BCUT2D eigenvalue weighted by molar-refractivity contribution is -0.117. The summed E-state index contributed by atoms with van der Waals surface area (Å²) in [6.07, 6.45) is 4.60. The number of nitrogens with one attached hydrogen (secondary N) is 2. The molecule has 1 aliphatic rings. The second-order valence-corrected chi connectivity index (χ2v) is 6.91. The standard InChI is InChI=1S/C16H26N4O4/c1-11(18-15(22)24-16(2,3)4)14(21)19-12-9-17-20(10-12)13-5-7-23-8-6-13/h9-11,13H,5-8H2,1-4H3,(H,18,22)(H,19,21)/t11-/m0/s1. The molecule has 1 aliphatic heterocycles. The molecular weight excluding hydrogens is 312 g/mol. The number of ether oxygens (including phenoxy) is 2. The highest BCUT2D eigenvalue weighted by molar-refractivity contribution is 5.96. The van der Waals surface area contributed by atoms with Crippen LogP contribution in [0.25, 0.3) is 0 Å². The minimum absolute atomic E-state index is 0.293. The van der Waals surface area contributed by atoms with Crippen LogP contribution >= 0.6 is 0 Å². The van der Waals surface area contributed by atoms with Crippen molar-refractivity contribution in [3.05, 3.63) is 12.4 Å². The van der Waals surface area contributed by atoms with Crippen LogP contribution in [0, 0.1) is 0 Å². The number of alkyl carbamates (subject to hydrolysis) is 1. The van der Waals surface area contributed by atoms with Crippen molar-refractivity contribution in [2.75, 3.05) is 18.5 Å². The van der Waals surface area contributed by atoms with E-state index in [2.05, 4.69) is 15.7 Å². The van der Waals surface area contributed by atoms with Crippen LogP contribution in [0.3, 0.4) is 0 Å². The van der Waals surface area contributed by atoms with Gasteiger partial charge in [0.25, 0.3) is 0 Å². The van der Waals surface area contributed by atoms with Crippen molar-refractivity contribution in [2.24, 2.45) is 0 Å². The minimum Gasteiger partial charge on any atom is -0.444 e. The smallest absolute Gasteiger partial charge is 0.408 e. The Morgan fingerprint density at radius 3 is 2.67 bits per heavy atom. The van der Waals surface area contributed by atoms with Gasteiger partial charge in [-0.2, -0.15) is 5.10 Å². The topological polar surface area (TPSA) is 94.5 Å². The zero-order chi connectivity index (χ0) is 17.7. The molecular formula is C16H26N4O4. The van der Waals surface area contributed by atoms with E-state index in [0.29, 0.717) is 11.7 Å². The van der Waals surface area contributed by atoms with Crippen molar-refractivity contribution in [2.45, 2.75) is 58.2 Å². The molecule has 0 spiro atoms. The van der Waals surface area contributed by atoms with Gasteiger partial charge in [0.05, 0.1) is 17.9 Å². The van der Waals surface area contributed by atoms with Gasteiger partial charge in [0.2, 0.25) is 5.91 Å². The van der Waals surface area contributed by atoms with E-state index >= 15 is 0 Å². The number of rotatable bonds is 4. The van der Waals surface area contributed by atoms with Crippen molar-refractivity contribution >= 4 is 17.7 Å². The van der Waals surface area contributed by atoms with Crippen molar-refractivity contribution < 1.29 is 19.1 Å². The Hall–Kier alpha value is -2.09. The molecule has 2 amide bonds. The first-order valence-electron chi connectivity index (χ1n) is 8.17. The highest BCUT2D eigenvalue weighted by Gasteiger charge is 2.22. The minimum atomic E-state index is -0.716. The molecule has 0 unspecified atom stereocenters. The van der Waals surface area contributed by atoms with Crippen LogP contribution in [0.15, 0.2) is 12.4 Å². The normalized spacial score (nSPS) is 17.2. The number of hydrogen-bond acceptors (Lipinski definition) is 5. The Morgan fingerprint density at radius 1 is 1.38 bits per heavy atom. The van der Waals surface area contributed by atoms with E-state index in [1.54, 1.807) is 40.1 Å². The first-order valence-corrected chi connectivity index (χ1v) is 8.17. The monoisotopic (exact) mass is 338 g/mol. The van der Waals surface area contributed by atoms with E-state index in [4.69, 9.17) is 9.47 Å². The molecule has 1 aromatic heterocycles. The van der Waals surface area contributed by atoms with Crippen molar-refractivity contribution in [1.82, 2.24) is 15.1 Å². The number of carbonyl (C=O) groups excluding carboxylic acids is 2. The summed E-state index contributed by atoms with van der Waals surface area (Å²) in [5, 5.41) is 9.55. The van der Waals surface area contributed by atoms with Gasteiger partial charge in [0.1, 0.15) is 11.6 Å². The number of hydrogen-bond donors (Lipinski definition) is 2. The maximum absolute atomic E-state index is 12.2. The van der Waals surface area contributed by atoms with Crippen molar-refractivity contribution in [3.63, 3.8) is 0 Å². The average molecular weight is 338 g/mol. The Bertz CT molecular complexity index is 573. The van der Waals surface area contributed by atoms with Crippen molar-refractivity contribution in [3.8, 4) is 0 Å². The maximum atomic E-state index is 12.2. The highest BCUT2D eigenvalue weighted by Crippen LogP contribution is 2.21. The Balaban J connectivity index is 1.85. The molecule has 134 valence electrons. The summed E-state index contributed by atoms with van der Waals surface area (Å²) >= 11 is 0. The van der Waals surface area contributed by atoms with Crippen LogP contribution in [0.2, 0.25) is 0 Å². The average Bonchev–Trinajstić information content (AvgIpc) is 2.94. The number of nitrogens with zero attached hydrogens (tertiary/aromatic N) is 2. The van der Waals surface area contributed by atoms with E-state index < -0.39 is 17.7 Å². The molecule has 1 aromatic rings. The first kappa shape index (κ1) is 18.3. The van der Waals surface area contributed by atoms with Gasteiger partial charge in [-0.3, -0.25) is 9.48 Å². The highest BCUT2D eigenvalue weighted by atomic mass is 16.6. The largest absolute Gasteiger partial charge is 0.444 e. The van der Waals surface area contributed by atoms with Crippen LogP contribution in [-0.2, 0) is 14.3 Å². The molecule has 1 atom stereocenters. The zero-order valence-corrected chi connectivity index (χ0v) is 14.7. The van der Waals surface area contributed by atoms with Gasteiger partial charge in [0.15, 0.2) is 0 Å². The molecule has 1 fully saturated rings. The molecule has 8 heteroatoms. The molecule has 0 aromatic carbocycles. The summed E-state index contributed by atoms with van der Waals surface area (Å²) in [7, 11) is 0. The molecule has 8 nitrogen and oxygen atoms in total. The SMILES string of the molecule is C[C@H](NC(=O)OC(C)(C)C)C(=O)Nc1cnn(C2CCOCC2)c1. The fourth-order valence-electron chi connectivity index (χ4n) is 2.35. The Kier molecular flexibility index (Phi) is 5.82. The van der Waals surface area contributed by atoms with E-state index in [9.17, 15) is 9.59 Å². The van der Waals surface area contributed by atoms with Gasteiger partial charge in [0, 0.05) is 19.4 Å². The summed E-state index contributed by atoms with van der Waals surface area (Å²) in [6.45, 7) is 8.35. The summed E-state index contributed by atoms with van der Waals surface area (Å²) in [5.41, 5.74) is -0.00479. The molecule has 2 heterocycles. The molecule has 24 heavy (non-hydrogen) atoms. The molecule has 1 saturated heterocycles. The zero-order valence-electron chi connectivity index (χ0n) is 14.7. The lowest BCUT2D eigenvalue weighted by Gasteiger charge is -2.22. The Morgan fingerprint density at radius 2 is 2.04 bits per heavy atom. The molecule has 0 bridgehead atoms. The number of aromatic nitrogens is 2. The first-order chi connectivity index (χ1) is 11.2. The third-order valence-corrected chi connectivity index (χ3v) is 3.56. The summed E-state index contributed by atoms with van der Waals surface area (Å²) in [4.78, 5) is 23.9. The Labute approximate surface area is 141 Å². The predicted molar refractivity (Wildman–Crippen MR) is 88.8 cm³/mol. The maximum Gasteiger partial charge on any atom is 0.408 e. The second kappa shape index (κ2) is 7.65. The fourth-order valence-corrected chi connectivity index (χ4v) is 2.35. The van der Waals surface area contributed by atoms with Crippen LogP contribution in [0.4, 0.5) is 10.5 Å². The molecule has 0 radical (unpaired) electrons. The molecule has 2 N–H and O–H groups in total. The summed E-state index contributed by atoms with van der Waals surface area (Å²) in [5.74, 6) is -0.326. The van der Waals surface area contributed by atoms with E-state index in [1.165, 1.54) is 0 Å². The number of anilines is 1. The quantitative estimate of drug-likeness (QED) is 0.876. The van der Waals surface area contributed by atoms with Crippen LogP contribution in [0.5, 0.6) is 0 Å². The van der Waals surface area contributed by atoms with Gasteiger partial charge < -0.3 is 20.1 Å². The molecule has 0 saturated carbocycles. The van der Waals surface area contributed by atoms with E-state index in [0.717, 1.165) is 26.1 Å². The molecule has 2 rings (SSSR count). The number of carbonyl (C=O) groups is 2. The summed E-state index contributed by atoms with van der Waals surface area (Å²) in [6, 6.07) is -0.423. The van der Waals surface area contributed by atoms with Gasteiger partial charge in [-0.05, 0) is 40.5 Å². The van der Waals surface area contributed by atoms with E-state index in [1.807, 2.05) is 4.68 Å². The third kappa shape index (κ3) is 5.52. The van der Waals surface area contributed by atoms with Gasteiger partial charge >= 0.3 is 6.09 Å². The van der Waals surface area contributed by atoms with Crippen LogP contribution in [0.1, 0.15) is 46.6 Å². The van der Waals surface area contributed by atoms with Gasteiger partial charge in [-0.1, -0.05) is 0 Å². The fraction of sp³-hybridized carbons (Fsp3) is 0.688. The third-order valence-electron chi connectivity index (χ3n) is 3.56. The van der Waals surface area contributed by atoms with Crippen LogP contribution < -0.4 is 10.6 Å². The summed E-state index contributed by atoms with van der Waals surface area (Å²) < 4.78 is 12.3. The molecule has 0 aliphatic carbocycles. The number of amides is 2. The predicted octanol–water partition coefficient (Wildman–Crippen LogP) is 2.09. The van der Waals surface area contributed by atoms with Crippen LogP contribution in [-0.4, -0.2) is 46.6 Å². The second-order valence-electron chi connectivity index (χ2n) is 6.91. The lowest BCUT2D eigenvalue weighted by atomic mass is 10.1. The lowest BCUT2D eigenvalue weighted by Crippen LogP contribution is -2.43. The van der Waals surface area contributed by atoms with Crippen molar-refractivity contribution in [1.29, 1.82) is 0 Å². The van der Waals surface area contributed by atoms with Gasteiger partial charge in [-0.25, -0.2) is 4.79 Å².